The van der Waals surface area contributed by atoms with E-state index in [0.29, 0.717) is 11.7 Å². The molecule has 190 valence electrons. The summed E-state index contributed by atoms with van der Waals surface area (Å²) < 4.78 is 29.2. The SMILES string of the molecule is CC1CCC(CN(c2cnn(C)c2)S(=O)(=O)N([O-])C(=O)Nc2c3c(cc4c2CCC4)CCC3)N1C. The zero-order valence-electron chi connectivity index (χ0n) is 20.5. The molecule has 2 atom stereocenters. The Bertz CT molecular complexity index is 1210. The molecule has 0 saturated carbocycles. The molecule has 11 heteroatoms. The maximum absolute atomic E-state index is 13.5. The number of nitrogens with one attached hydrogen (secondary N) is 1. The predicted molar refractivity (Wildman–Crippen MR) is 134 cm³/mol. The molecule has 1 N–H and O–H groups in total. The number of benzene rings is 1. The Hall–Kier alpha value is -2.63. The van der Waals surface area contributed by atoms with Gasteiger partial charge in [0.15, 0.2) is 0 Å². The first-order valence-electron chi connectivity index (χ1n) is 12.3. The van der Waals surface area contributed by atoms with Crippen LogP contribution in [0.15, 0.2) is 18.5 Å². The number of carbonyl (C=O) groups is 1. The second-order valence-electron chi connectivity index (χ2n) is 10.0. The Balaban J connectivity index is 1.43. The lowest BCUT2D eigenvalue weighted by atomic mass is 9.99. The van der Waals surface area contributed by atoms with Crippen LogP contribution < -0.4 is 9.62 Å². The van der Waals surface area contributed by atoms with Gasteiger partial charge in [-0.2, -0.15) is 13.5 Å². The van der Waals surface area contributed by atoms with E-state index in [-0.39, 0.29) is 18.3 Å². The van der Waals surface area contributed by atoms with Crippen molar-refractivity contribution in [3.63, 3.8) is 0 Å². The number of carbonyl (C=O) groups excluding carboxylic acids is 1. The summed E-state index contributed by atoms with van der Waals surface area (Å²) in [7, 11) is -1.07. The van der Waals surface area contributed by atoms with Gasteiger partial charge in [0.1, 0.15) is 0 Å². The summed E-state index contributed by atoms with van der Waals surface area (Å²) in [6.07, 6.45) is 10.2. The highest BCUT2D eigenvalue weighted by Gasteiger charge is 2.36. The molecule has 2 aliphatic carbocycles. The third-order valence-electron chi connectivity index (χ3n) is 7.90. The minimum absolute atomic E-state index is 0.0665. The van der Waals surface area contributed by atoms with E-state index < -0.39 is 20.7 Å². The maximum atomic E-state index is 13.5. The molecule has 35 heavy (non-hydrogen) atoms. The van der Waals surface area contributed by atoms with Crippen molar-refractivity contribution in [2.45, 2.75) is 70.4 Å². The molecule has 10 nitrogen and oxygen atoms in total. The van der Waals surface area contributed by atoms with Crippen LogP contribution in [-0.4, -0.2) is 59.3 Å². The fourth-order valence-corrected chi connectivity index (χ4v) is 6.95. The number of urea groups is 1. The van der Waals surface area contributed by atoms with Gasteiger partial charge in [-0.1, -0.05) is 6.07 Å². The highest BCUT2D eigenvalue weighted by molar-refractivity contribution is 7.91. The van der Waals surface area contributed by atoms with Crippen molar-refractivity contribution in [3.8, 4) is 0 Å². The molecule has 3 aliphatic rings. The topological polar surface area (TPSA) is 114 Å². The molecule has 1 aromatic heterocycles. The highest BCUT2D eigenvalue weighted by Crippen LogP contribution is 2.39. The highest BCUT2D eigenvalue weighted by atomic mass is 32.2. The number of likely N-dealkylation sites (N-methyl/N-ethyl adjacent to an activating group) is 1. The molecule has 1 fully saturated rings. The number of hydrogen-bond donors (Lipinski definition) is 1. The van der Waals surface area contributed by atoms with Crippen molar-refractivity contribution in [2.75, 3.05) is 23.2 Å². The summed E-state index contributed by atoms with van der Waals surface area (Å²) >= 11 is 0. The van der Waals surface area contributed by atoms with Gasteiger partial charge in [-0.05, 0) is 87.6 Å². The van der Waals surface area contributed by atoms with Gasteiger partial charge in [0, 0.05) is 31.0 Å². The van der Waals surface area contributed by atoms with E-state index in [9.17, 15) is 18.4 Å². The third-order valence-corrected chi connectivity index (χ3v) is 9.41. The number of likely N-dealkylation sites (tertiary alicyclic amines) is 1. The molecule has 0 spiro atoms. The molecule has 1 aromatic carbocycles. The number of hydrogen-bond acceptors (Lipinski definition) is 6. The van der Waals surface area contributed by atoms with Crippen LogP contribution in [0.5, 0.6) is 0 Å². The lowest BCUT2D eigenvalue weighted by molar-refractivity contribution is 0.242. The molecule has 2 amide bonds. The minimum atomic E-state index is -4.70. The summed E-state index contributed by atoms with van der Waals surface area (Å²) in [4.78, 5) is 15.2. The Morgan fingerprint density at radius 2 is 1.80 bits per heavy atom. The predicted octanol–water partition coefficient (Wildman–Crippen LogP) is 2.96. The molecular weight excluding hydrogens is 468 g/mol. The number of fused-ring (bicyclic) bond motifs is 2. The standard InChI is InChI=1S/C24H33N6O4S/c1-16-10-11-19(28(16)3)15-29(20-13-25-27(2)14-20)35(33,34)30(32)24(31)26-23-21-8-4-6-17(21)12-18-7-5-9-22(18)23/h12-14,16,19H,4-11,15H2,1-3H3,(H,26,31)/q-1. The number of anilines is 2. The van der Waals surface area contributed by atoms with E-state index in [1.165, 1.54) is 22.0 Å². The summed E-state index contributed by atoms with van der Waals surface area (Å²) in [6.45, 7) is 2.16. The molecule has 2 heterocycles. The van der Waals surface area contributed by atoms with E-state index >= 15 is 0 Å². The summed E-state index contributed by atoms with van der Waals surface area (Å²) in [5.74, 6) is 0. The Kier molecular flexibility index (Phi) is 6.27. The largest absolute Gasteiger partial charge is 0.740 e. The van der Waals surface area contributed by atoms with Gasteiger partial charge in [-0.25, -0.2) is 9.10 Å². The lowest BCUT2D eigenvalue weighted by Crippen LogP contribution is -2.50. The number of aryl methyl sites for hydroxylation is 3. The van der Waals surface area contributed by atoms with Crippen LogP contribution >= 0.6 is 0 Å². The van der Waals surface area contributed by atoms with E-state index in [4.69, 9.17) is 0 Å². The first kappa shape index (κ1) is 24.1. The molecule has 0 bridgehead atoms. The van der Waals surface area contributed by atoms with Crippen molar-refractivity contribution in [1.82, 2.24) is 19.1 Å². The fraction of sp³-hybridized carbons (Fsp3) is 0.583. The third kappa shape index (κ3) is 4.30. The van der Waals surface area contributed by atoms with Crippen LogP contribution in [0.1, 0.15) is 54.9 Å². The van der Waals surface area contributed by atoms with E-state index in [1.54, 1.807) is 13.2 Å². The van der Waals surface area contributed by atoms with Gasteiger partial charge in [0.2, 0.25) is 0 Å². The van der Waals surface area contributed by atoms with Gasteiger partial charge in [-0.15, -0.1) is 0 Å². The van der Waals surface area contributed by atoms with Crippen LogP contribution in [0, 0.1) is 5.21 Å². The molecule has 1 aliphatic heterocycles. The average molecular weight is 502 g/mol. The number of hydroxylamine groups is 1. The number of aromatic nitrogens is 2. The Morgan fingerprint density at radius 3 is 2.34 bits per heavy atom. The van der Waals surface area contributed by atoms with Gasteiger partial charge >= 0.3 is 16.2 Å². The van der Waals surface area contributed by atoms with E-state index in [1.807, 2.05) is 7.05 Å². The van der Waals surface area contributed by atoms with Crippen LogP contribution in [0.25, 0.3) is 0 Å². The molecule has 5 rings (SSSR count). The summed E-state index contributed by atoms with van der Waals surface area (Å²) in [5.41, 5.74) is 5.36. The molecule has 2 unspecified atom stereocenters. The van der Waals surface area contributed by atoms with E-state index in [0.717, 1.165) is 66.8 Å². The Labute approximate surface area is 206 Å². The minimum Gasteiger partial charge on any atom is -0.740 e. The average Bonchev–Trinajstić information content (AvgIpc) is 3.61. The first-order valence-corrected chi connectivity index (χ1v) is 13.7. The Morgan fingerprint density at radius 1 is 1.14 bits per heavy atom. The summed E-state index contributed by atoms with van der Waals surface area (Å²) in [5, 5.41) is 19.9. The van der Waals surface area contributed by atoms with Gasteiger partial charge in [0.05, 0.1) is 18.4 Å². The van der Waals surface area contributed by atoms with Crippen molar-refractivity contribution in [3.05, 3.63) is 45.9 Å². The van der Waals surface area contributed by atoms with Crippen LogP contribution in [0.3, 0.4) is 0 Å². The fourth-order valence-electron chi connectivity index (χ4n) is 5.80. The normalized spacial score (nSPS) is 21.7. The smallest absolute Gasteiger partial charge is 0.326 e. The molecule has 0 radical (unpaired) electrons. The van der Waals surface area contributed by atoms with Crippen LogP contribution in [0.4, 0.5) is 16.2 Å². The number of nitrogens with zero attached hydrogens (tertiary/aromatic N) is 5. The van der Waals surface area contributed by atoms with Gasteiger partial charge < -0.3 is 10.5 Å². The van der Waals surface area contributed by atoms with Crippen molar-refractivity contribution in [1.29, 1.82) is 0 Å². The van der Waals surface area contributed by atoms with Crippen molar-refractivity contribution >= 4 is 27.6 Å². The van der Waals surface area contributed by atoms with Gasteiger partial charge in [-0.3, -0.25) is 14.1 Å². The van der Waals surface area contributed by atoms with E-state index in [2.05, 4.69) is 28.3 Å². The van der Waals surface area contributed by atoms with Gasteiger partial charge in [0.25, 0.3) is 0 Å². The van der Waals surface area contributed by atoms with Crippen LogP contribution in [0.2, 0.25) is 0 Å². The maximum Gasteiger partial charge on any atom is 0.326 e. The zero-order chi connectivity index (χ0) is 24.9. The second kappa shape index (κ2) is 9.11. The quantitative estimate of drug-likeness (QED) is 0.609. The number of rotatable bonds is 6. The number of amides is 2. The zero-order valence-corrected chi connectivity index (χ0v) is 21.3. The molecule has 1 saturated heterocycles. The molecule has 2 aromatic rings. The van der Waals surface area contributed by atoms with Crippen molar-refractivity contribution in [2.24, 2.45) is 7.05 Å². The monoisotopic (exact) mass is 501 g/mol. The first-order chi connectivity index (χ1) is 16.7. The second-order valence-corrected chi connectivity index (χ2v) is 11.7. The lowest BCUT2D eigenvalue weighted by Gasteiger charge is -2.36. The molecular formula is C24H33N6O4S-. The van der Waals surface area contributed by atoms with Crippen molar-refractivity contribution < 1.29 is 13.2 Å². The van der Waals surface area contributed by atoms with Crippen LogP contribution in [-0.2, 0) is 42.9 Å². The summed E-state index contributed by atoms with van der Waals surface area (Å²) in [6, 6.07) is 1.28.